The standard InChI is InChI=1S/C18H25ClN2O.2ClH/c1-18(2,3)9-5-4-7-14-11-16(12-21-17(14)19)22-13-15-8-6-10-20-15;;/h4-5,7,9,11-12,15,20H,6,8,10,13H2,1-3H3;2*1H/b7-4+,9-5+;;/t15-;;/m0../s1. The minimum absolute atomic E-state index is 0. The first-order chi connectivity index (χ1) is 10.4. The molecule has 1 N–H and O–H groups in total. The lowest BCUT2D eigenvalue weighted by Gasteiger charge is -2.12. The Morgan fingerprint density at radius 2 is 2.08 bits per heavy atom. The van der Waals surface area contributed by atoms with E-state index in [4.69, 9.17) is 16.3 Å². The minimum atomic E-state index is 0. The van der Waals surface area contributed by atoms with E-state index < -0.39 is 0 Å². The van der Waals surface area contributed by atoms with Gasteiger partial charge in [-0.2, -0.15) is 0 Å². The van der Waals surface area contributed by atoms with Gasteiger partial charge in [-0.25, -0.2) is 4.98 Å². The second-order valence-corrected chi connectivity index (χ2v) is 7.10. The van der Waals surface area contributed by atoms with Crippen LogP contribution < -0.4 is 10.1 Å². The third kappa shape index (κ3) is 8.39. The molecular formula is C18H27Cl3N2O. The summed E-state index contributed by atoms with van der Waals surface area (Å²) in [4.78, 5) is 4.20. The molecule has 2 rings (SSSR count). The van der Waals surface area contributed by atoms with Crippen molar-refractivity contribution in [2.24, 2.45) is 5.41 Å². The van der Waals surface area contributed by atoms with Gasteiger partial charge in [0.1, 0.15) is 17.5 Å². The Morgan fingerprint density at radius 3 is 2.71 bits per heavy atom. The predicted molar refractivity (Wildman–Crippen MR) is 108 cm³/mol. The Hall–Kier alpha value is -0.740. The Balaban J connectivity index is 0.00000264. The van der Waals surface area contributed by atoms with Crippen LogP contribution in [0.15, 0.2) is 30.5 Å². The highest BCUT2D eigenvalue weighted by molar-refractivity contribution is 6.30. The van der Waals surface area contributed by atoms with Gasteiger partial charge in [-0.15, -0.1) is 24.8 Å². The van der Waals surface area contributed by atoms with Gasteiger partial charge in [-0.05, 0) is 30.9 Å². The van der Waals surface area contributed by atoms with Crippen LogP contribution in [0.4, 0.5) is 0 Å². The van der Waals surface area contributed by atoms with Crippen LogP contribution >= 0.6 is 36.4 Å². The number of halogens is 3. The Labute approximate surface area is 162 Å². The maximum Gasteiger partial charge on any atom is 0.138 e. The average Bonchev–Trinajstić information content (AvgIpc) is 2.96. The molecule has 0 bridgehead atoms. The second kappa shape index (κ2) is 11.0. The number of hydrogen-bond donors (Lipinski definition) is 1. The number of allylic oxidation sites excluding steroid dienone is 3. The number of nitrogens with one attached hydrogen (secondary N) is 1. The lowest BCUT2D eigenvalue weighted by molar-refractivity contribution is 0.276. The van der Waals surface area contributed by atoms with Crippen molar-refractivity contribution in [3.8, 4) is 5.75 Å². The van der Waals surface area contributed by atoms with E-state index in [1.54, 1.807) is 6.20 Å². The smallest absolute Gasteiger partial charge is 0.138 e. The van der Waals surface area contributed by atoms with E-state index in [1.807, 2.05) is 24.3 Å². The van der Waals surface area contributed by atoms with E-state index in [-0.39, 0.29) is 30.2 Å². The highest BCUT2D eigenvalue weighted by atomic mass is 35.5. The second-order valence-electron chi connectivity index (χ2n) is 6.74. The van der Waals surface area contributed by atoms with Gasteiger partial charge >= 0.3 is 0 Å². The predicted octanol–water partition coefficient (Wildman–Crippen LogP) is 5.32. The lowest BCUT2D eigenvalue weighted by Crippen LogP contribution is -2.28. The summed E-state index contributed by atoms with van der Waals surface area (Å²) in [7, 11) is 0. The van der Waals surface area contributed by atoms with Crippen molar-refractivity contribution in [1.29, 1.82) is 0 Å². The van der Waals surface area contributed by atoms with E-state index in [0.29, 0.717) is 17.8 Å². The number of nitrogens with zero attached hydrogens (tertiary/aromatic N) is 1. The van der Waals surface area contributed by atoms with Gasteiger partial charge in [0.25, 0.3) is 0 Å². The fourth-order valence-corrected chi connectivity index (χ4v) is 2.41. The zero-order chi connectivity index (χ0) is 16.0. The van der Waals surface area contributed by atoms with E-state index >= 15 is 0 Å². The average molecular weight is 394 g/mol. The number of aromatic nitrogens is 1. The summed E-state index contributed by atoms with van der Waals surface area (Å²) in [5.74, 6) is 0.762. The molecule has 1 aromatic heterocycles. The zero-order valence-electron chi connectivity index (χ0n) is 14.4. The molecule has 24 heavy (non-hydrogen) atoms. The molecule has 1 atom stereocenters. The van der Waals surface area contributed by atoms with E-state index in [0.717, 1.165) is 17.9 Å². The molecule has 2 heterocycles. The summed E-state index contributed by atoms with van der Waals surface area (Å²) in [5.41, 5.74) is 1.04. The first-order valence-electron chi connectivity index (χ1n) is 7.82. The molecule has 1 saturated heterocycles. The summed E-state index contributed by atoms with van der Waals surface area (Å²) in [5, 5.41) is 3.91. The molecule has 1 aliphatic heterocycles. The van der Waals surface area contributed by atoms with Crippen LogP contribution in [-0.2, 0) is 0 Å². The van der Waals surface area contributed by atoms with Crippen molar-refractivity contribution in [3.63, 3.8) is 0 Å². The van der Waals surface area contributed by atoms with Crippen LogP contribution in [0.3, 0.4) is 0 Å². The molecule has 1 fully saturated rings. The van der Waals surface area contributed by atoms with Gasteiger partial charge in [-0.1, -0.05) is 56.7 Å². The fraction of sp³-hybridized carbons (Fsp3) is 0.500. The number of rotatable bonds is 5. The third-order valence-electron chi connectivity index (χ3n) is 3.44. The third-order valence-corrected chi connectivity index (χ3v) is 3.75. The van der Waals surface area contributed by atoms with Crippen LogP contribution in [0.25, 0.3) is 6.08 Å². The fourth-order valence-electron chi connectivity index (χ4n) is 2.24. The van der Waals surface area contributed by atoms with E-state index in [1.165, 1.54) is 12.8 Å². The molecule has 136 valence electrons. The summed E-state index contributed by atoms with van der Waals surface area (Å²) in [6.07, 6.45) is 12.2. The van der Waals surface area contributed by atoms with Crippen molar-refractivity contribution in [1.82, 2.24) is 10.3 Å². The summed E-state index contributed by atoms with van der Waals surface area (Å²) >= 11 is 6.14. The van der Waals surface area contributed by atoms with Crippen molar-refractivity contribution in [2.45, 2.75) is 39.7 Å². The van der Waals surface area contributed by atoms with Crippen LogP contribution in [0.2, 0.25) is 5.15 Å². The van der Waals surface area contributed by atoms with Crippen LogP contribution in [-0.4, -0.2) is 24.2 Å². The number of ether oxygens (including phenoxy) is 1. The molecule has 0 saturated carbocycles. The van der Waals surface area contributed by atoms with Crippen molar-refractivity contribution in [2.75, 3.05) is 13.2 Å². The Kier molecular flexibility index (Phi) is 10.6. The van der Waals surface area contributed by atoms with Crippen molar-refractivity contribution < 1.29 is 4.74 Å². The summed E-state index contributed by atoms with van der Waals surface area (Å²) < 4.78 is 5.81. The van der Waals surface area contributed by atoms with Crippen LogP contribution in [0.5, 0.6) is 5.75 Å². The van der Waals surface area contributed by atoms with Gasteiger partial charge < -0.3 is 10.1 Å². The first kappa shape index (κ1) is 23.3. The summed E-state index contributed by atoms with van der Waals surface area (Å²) in [6.45, 7) is 8.25. The maximum absolute atomic E-state index is 6.14. The Bertz CT molecular complexity index is 548. The van der Waals surface area contributed by atoms with E-state index in [2.05, 4.69) is 37.1 Å². The summed E-state index contributed by atoms with van der Waals surface area (Å²) in [6, 6.07) is 2.38. The van der Waals surface area contributed by atoms with Gasteiger partial charge in [0.05, 0.1) is 6.20 Å². The molecule has 0 unspecified atom stereocenters. The molecule has 1 aromatic rings. The molecule has 0 aliphatic carbocycles. The number of hydrogen-bond acceptors (Lipinski definition) is 3. The highest BCUT2D eigenvalue weighted by Gasteiger charge is 2.14. The van der Waals surface area contributed by atoms with Crippen LogP contribution in [0.1, 0.15) is 39.2 Å². The molecule has 6 heteroatoms. The van der Waals surface area contributed by atoms with Crippen LogP contribution in [0, 0.1) is 5.41 Å². The first-order valence-corrected chi connectivity index (χ1v) is 8.19. The molecule has 3 nitrogen and oxygen atoms in total. The van der Waals surface area contributed by atoms with Gasteiger partial charge in [0.15, 0.2) is 0 Å². The molecular weight excluding hydrogens is 367 g/mol. The van der Waals surface area contributed by atoms with E-state index in [9.17, 15) is 0 Å². The molecule has 1 aliphatic rings. The van der Waals surface area contributed by atoms with Gasteiger partial charge in [0.2, 0.25) is 0 Å². The largest absolute Gasteiger partial charge is 0.490 e. The van der Waals surface area contributed by atoms with Gasteiger partial charge in [-0.3, -0.25) is 0 Å². The van der Waals surface area contributed by atoms with Gasteiger partial charge in [0, 0.05) is 11.6 Å². The Morgan fingerprint density at radius 1 is 1.33 bits per heavy atom. The lowest BCUT2D eigenvalue weighted by atomic mass is 9.96. The van der Waals surface area contributed by atoms with Crippen molar-refractivity contribution >= 4 is 42.5 Å². The zero-order valence-corrected chi connectivity index (χ0v) is 16.8. The monoisotopic (exact) mass is 392 g/mol. The minimum Gasteiger partial charge on any atom is -0.490 e. The SMILES string of the molecule is CC(C)(C)/C=C/C=C/c1cc(OC[C@@H]2CCCN2)cnc1Cl.Cl.Cl. The number of pyridine rings is 1. The normalized spacial score (nSPS) is 17.8. The van der Waals surface area contributed by atoms with Crippen molar-refractivity contribution in [3.05, 3.63) is 41.2 Å². The molecule has 0 aromatic carbocycles. The highest BCUT2D eigenvalue weighted by Crippen LogP contribution is 2.21. The topological polar surface area (TPSA) is 34.1 Å². The molecule has 0 spiro atoms. The molecule has 0 radical (unpaired) electrons. The maximum atomic E-state index is 6.14. The quantitative estimate of drug-likeness (QED) is 0.542. The molecule has 0 amide bonds.